The molecule has 180 valence electrons. The van der Waals surface area contributed by atoms with Gasteiger partial charge in [0.05, 0.1) is 13.2 Å². The molecule has 0 aliphatic heterocycles. The third kappa shape index (κ3) is 10.9. The minimum absolute atomic E-state index is 0.0864. The van der Waals surface area contributed by atoms with Gasteiger partial charge in [-0.05, 0) is 61.8 Å². The fourth-order valence-corrected chi connectivity index (χ4v) is 3.21. The number of rotatable bonds is 8. The summed E-state index contributed by atoms with van der Waals surface area (Å²) in [5.74, 6) is -1.48. The summed E-state index contributed by atoms with van der Waals surface area (Å²) in [6.07, 6.45) is 0.304. The monoisotopic (exact) mass is 461 g/mol. The van der Waals surface area contributed by atoms with Crippen molar-refractivity contribution < 1.29 is 37.3 Å². The number of halogens is 3. The molecule has 0 bridgehead atoms. The summed E-state index contributed by atoms with van der Waals surface area (Å²) < 4.78 is 42.6. The van der Waals surface area contributed by atoms with E-state index in [-0.39, 0.29) is 11.9 Å². The maximum Gasteiger partial charge on any atom is 0.490 e. The van der Waals surface area contributed by atoms with E-state index in [9.17, 15) is 18.0 Å². The van der Waals surface area contributed by atoms with Gasteiger partial charge in [-0.15, -0.1) is 0 Å². The number of nitrogens with two attached hydrogens (primary N) is 2. The molecule has 1 atom stereocenters. The van der Waals surface area contributed by atoms with Crippen LogP contribution < -0.4 is 16.2 Å². The van der Waals surface area contributed by atoms with Crippen LogP contribution in [0.4, 0.5) is 13.2 Å². The maximum atomic E-state index is 11.7. The fraction of sp³-hybridized carbons (Fsp3) is 0.571. The van der Waals surface area contributed by atoms with Crippen LogP contribution in [-0.2, 0) is 27.2 Å². The van der Waals surface area contributed by atoms with Gasteiger partial charge < -0.3 is 26.0 Å². The van der Waals surface area contributed by atoms with E-state index in [1.54, 1.807) is 0 Å². The quantitative estimate of drug-likeness (QED) is 0.178. The van der Waals surface area contributed by atoms with Crippen LogP contribution in [0.5, 0.6) is 5.75 Å². The zero-order valence-corrected chi connectivity index (χ0v) is 18.0. The molecule has 2 rings (SSSR count). The Hall–Kier alpha value is -2.98. The molecular formula is C21H30F3N3O5. The van der Waals surface area contributed by atoms with Crippen molar-refractivity contribution in [2.75, 3.05) is 19.8 Å². The number of hydrogen-bond acceptors (Lipinski definition) is 5. The van der Waals surface area contributed by atoms with Gasteiger partial charge in [0.1, 0.15) is 5.75 Å². The van der Waals surface area contributed by atoms with Crippen molar-refractivity contribution in [1.82, 2.24) is 0 Å². The van der Waals surface area contributed by atoms with E-state index in [1.807, 2.05) is 13.0 Å². The molecule has 1 aromatic carbocycles. The van der Waals surface area contributed by atoms with Gasteiger partial charge in [-0.1, -0.05) is 6.07 Å². The lowest BCUT2D eigenvalue weighted by Crippen LogP contribution is -2.23. The number of fused-ring (bicyclic) bond motifs is 1. The Morgan fingerprint density at radius 2 is 1.94 bits per heavy atom. The number of hydrogen-bond donors (Lipinski definition) is 3. The topological polar surface area (TPSA) is 137 Å². The molecule has 0 spiro atoms. The van der Waals surface area contributed by atoms with Gasteiger partial charge in [0.2, 0.25) is 0 Å². The molecule has 0 amide bonds. The zero-order valence-electron chi connectivity index (χ0n) is 18.0. The van der Waals surface area contributed by atoms with E-state index >= 15 is 0 Å². The predicted octanol–water partition coefficient (Wildman–Crippen LogP) is 2.81. The number of aliphatic carboxylic acids is 1. The maximum absolute atomic E-state index is 11.7. The lowest BCUT2D eigenvalue weighted by Gasteiger charge is -2.14. The highest BCUT2D eigenvalue weighted by Gasteiger charge is 2.38. The van der Waals surface area contributed by atoms with Crippen molar-refractivity contribution in [3.63, 3.8) is 0 Å². The Labute approximate surface area is 184 Å². The van der Waals surface area contributed by atoms with Crippen LogP contribution in [0.15, 0.2) is 23.2 Å². The normalized spacial score (nSPS) is 15.3. The molecule has 0 aromatic heterocycles. The molecular weight excluding hydrogens is 431 g/mol. The van der Waals surface area contributed by atoms with Crippen molar-refractivity contribution in [1.29, 1.82) is 0 Å². The Balaban J connectivity index is 0.000000633. The molecule has 0 saturated carbocycles. The number of ether oxygens (including phenoxy) is 2. The average molecular weight is 461 g/mol. The molecule has 1 aromatic rings. The Morgan fingerprint density at radius 3 is 2.53 bits per heavy atom. The highest BCUT2D eigenvalue weighted by molar-refractivity contribution is 5.75. The second kappa shape index (κ2) is 13.4. The van der Waals surface area contributed by atoms with Crippen LogP contribution >= 0.6 is 0 Å². The summed E-state index contributed by atoms with van der Waals surface area (Å²) in [6.45, 7) is 3.45. The van der Waals surface area contributed by atoms with Crippen molar-refractivity contribution >= 4 is 17.9 Å². The summed E-state index contributed by atoms with van der Waals surface area (Å²) in [5, 5.41) is 7.12. The number of aryl methyl sites for hydroxylation is 1. The van der Waals surface area contributed by atoms with Crippen LogP contribution in [0.1, 0.15) is 43.7 Å². The molecule has 0 saturated heterocycles. The first-order valence-corrected chi connectivity index (χ1v) is 10.3. The molecule has 5 N–H and O–H groups in total. The second-order valence-corrected chi connectivity index (χ2v) is 7.21. The highest BCUT2D eigenvalue weighted by atomic mass is 19.4. The van der Waals surface area contributed by atoms with Crippen molar-refractivity contribution in [2.24, 2.45) is 22.4 Å². The first kappa shape index (κ1) is 27.1. The van der Waals surface area contributed by atoms with Crippen LogP contribution in [0.25, 0.3) is 0 Å². The zero-order chi connectivity index (χ0) is 24.1. The Bertz CT molecular complexity index is 780. The highest BCUT2D eigenvalue weighted by Crippen LogP contribution is 2.29. The van der Waals surface area contributed by atoms with Crippen molar-refractivity contribution in [2.45, 2.75) is 51.6 Å². The predicted molar refractivity (Wildman–Crippen MR) is 112 cm³/mol. The summed E-state index contributed by atoms with van der Waals surface area (Å²) in [6, 6.07) is 6.26. The average Bonchev–Trinajstić information content (AvgIpc) is 2.88. The first-order chi connectivity index (χ1) is 15.0. The minimum Gasteiger partial charge on any atom is -0.494 e. The number of carboxylic acids is 1. The summed E-state index contributed by atoms with van der Waals surface area (Å²) in [4.78, 5) is 24.6. The van der Waals surface area contributed by atoms with Crippen molar-refractivity contribution in [3.8, 4) is 5.75 Å². The van der Waals surface area contributed by atoms with Crippen LogP contribution in [0.2, 0.25) is 0 Å². The first-order valence-electron chi connectivity index (χ1n) is 10.3. The van der Waals surface area contributed by atoms with Gasteiger partial charge in [-0.3, -0.25) is 9.79 Å². The number of carbonyl (C=O) groups is 2. The number of guanidine groups is 1. The molecule has 1 aliphatic rings. The SMILES string of the molecule is CCOC(=O)CC1CCCc2cc(OCCCN=C(N)N)ccc2C1.O=C(O)C(F)(F)F. The number of carboxylic acid groups (broad SMARTS) is 1. The standard InChI is InChI=1S/C19H29N3O3.C2HF3O2/c1-2-24-18(23)12-14-5-3-6-15-13-17(8-7-16(15)11-14)25-10-4-9-22-19(20)21;3-2(4,5)1(6)7/h7-8,13-14H,2-6,9-12H2,1H3,(H4,20,21,22);(H,6,7). The third-order valence-corrected chi connectivity index (χ3v) is 4.61. The van der Waals surface area contributed by atoms with Gasteiger partial charge >= 0.3 is 18.1 Å². The van der Waals surface area contributed by atoms with Crippen molar-refractivity contribution in [3.05, 3.63) is 29.3 Å². The second-order valence-electron chi connectivity index (χ2n) is 7.21. The Kier molecular flexibility index (Phi) is 11.4. The number of nitrogens with zero attached hydrogens (tertiary/aromatic N) is 1. The van der Waals surface area contributed by atoms with Crippen LogP contribution in [0.3, 0.4) is 0 Å². The lowest BCUT2D eigenvalue weighted by molar-refractivity contribution is -0.192. The van der Waals surface area contributed by atoms with Crippen LogP contribution in [-0.4, -0.2) is 48.9 Å². The summed E-state index contributed by atoms with van der Waals surface area (Å²) >= 11 is 0. The van der Waals surface area contributed by atoms with Gasteiger partial charge in [0.25, 0.3) is 0 Å². The largest absolute Gasteiger partial charge is 0.494 e. The lowest BCUT2D eigenvalue weighted by atomic mass is 9.94. The minimum atomic E-state index is -5.08. The van der Waals surface area contributed by atoms with Gasteiger partial charge in [0.15, 0.2) is 5.96 Å². The Morgan fingerprint density at radius 1 is 1.25 bits per heavy atom. The summed E-state index contributed by atoms with van der Waals surface area (Å²) in [5.41, 5.74) is 13.2. The molecule has 1 aliphatic carbocycles. The number of esters is 1. The number of aliphatic imine (C=N–C) groups is 1. The molecule has 0 heterocycles. The van der Waals surface area contributed by atoms with E-state index in [0.717, 1.165) is 37.9 Å². The molecule has 0 fully saturated rings. The summed E-state index contributed by atoms with van der Waals surface area (Å²) in [7, 11) is 0. The smallest absolute Gasteiger partial charge is 0.490 e. The fourth-order valence-electron chi connectivity index (χ4n) is 3.21. The molecule has 8 nitrogen and oxygen atoms in total. The van der Waals surface area contributed by atoms with Gasteiger partial charge in [-0.2, -0.15) is 13.2 Å². The van der Waals surface area contributed by atoms with Gasteiger partial charge in [0, 0.05) is 19.4 Å². The van der Waals surface area contributed by atoms with E-state index < -0.39 is 12.1 Å². The van der Waals surface area contributed by atoms with E-state index in [4.69, 9.17) is 30.8 Å². The van der Waals surface area contributed by atoms with E-state index in [0.29, 0.717) is 32.1 Å². The number of alkyl halides is 3. The molecule has 32 heavy (non-hydrogen) atoms. The van der Waals surface area contributed by atoms with E-state index in [1.165, 1.54) is 11.1 Å². The van der Waals surface area contributed by atoms with E-state index in [2.05, 4.69) is 17.1 Å². The number of benzene rings is 1. The van der Waals surface area contributed by atoms with Crippen LogP contribution in [0, 0.1) is 5.92 Å². The molecule has 0 radical (unpaired) electrons. The molecule has 11 heteroatoms. The molecule has 1 unspecified atom stereocenters. The third-order valence-electron chi connectivity index (χ3n) is 4.61. The number of carbonyl (C=O) groups excluding carboxylic acids is 1. The van der Waals surface area contributed by atoms with Gasteiger partial charge in [-0.25, -0.2) is 4.79 Å².